The van der Waals surface area contributed by atoms with Gasteiger partial charge in [-0.15, -0.1) is 0 Å². The Bertz CT molecular complexity index is 1440. The van der Waals surface area contributed by atoms with Gasteiger partial charge in [0.05, 0.1) is 18.0 Å². The lowest BCUT2D eigenvalue weighted by atomic mass is 9.84. The van der Waals surface area contributed by atoms with Crippen LogP contribution in [0.5, 0.6) is 17.2 Å². The van der Waals surface area contributed by atoms with E-state index in [0.717, 1.165) is 5.56 Å². The highest BCUT2D eigenvalue weighted by atomic mass is 35.5. The minimum Gasteiger partial charge on any atom is -0.454 e. The normalized spacial score (nSPS) is 16.2. The molecule has 1 aromatic heterocycles. The van der Waals surface area contributed by atoms with Gasteiger partial charge in [-0.3, -0.25) is 4.79 Å². The molecule has 0 aliphatic carbocycles. The Morgan fingerprint density at radius 3 is 2.67 bits per heavy atom. The van der Waals surface area contributed by atoms with Crippen molar-refractivity contribution < 1.29 is 14.2 Å². The number of allylic oxidation sites excluding steroid dienone is 1. The van der Waals surface area contributed by atoms with E-state index in [9.17, 15) is 10.1 Å². The average Bonchev–Trinajstić information content (AvgIpc) is 3.24. The van der Waals surface area contributed by atoms with E-state index in [-0.39, 0.29) is 35.9 Å². The van der Waals surface area contributed by atoms with Crippen LogP contribution in [0, 0.1) is 18.3 Å². The van der Waals surface area contributed by atoms with E-state index < -0.39 is 5.92 Å². The molecule has 0 saturated heterocycles. The first-order chi connectivity index (χ1) is 15.9. The third-order valence-corrected chi connectivity index (χ3v) is 6.30. The van der Waals surface area contributed by atoms with Crippen LogP contribution in [0.2, 0.25) is 10.0 Å². The molecule has 0 spiro atoms. The molecule has 7 nitrogen and oxygen atoms in total. The van der Waals surface area contributed by atoms with Gasteiger partial charge in [0.2, 0.25) is 12.7 Å². The highest BCUT2D eigenvalue weighted by molar-refractivity contribution is 6.35. The fourth-order valence-electron chi connectivity index (χ4n) is 4.15. The number of hydrogen-bond donors (Lipinski definition) is 1. The van der Waals surface area contributed by atoms with Gasteiger partial charge in [0.15, 0.2) is 11.5 Å². The predicted molar refractivity (Wildman–Crippen MR) is 123 cm³/mol. The van der Waals surface area contributed by atoms with Gasteiger partial charge in [-0.2, -0.15) is 5.26 Å². The van der Waals surface area contributed by atoms with Crippen LogP contribution in [0.1, 0.15) is 28.3 Å². The first kappa shape index (κ1) is 21.3. The number of benzene rings is 2. The number of aryl methyl sites for hydroxylation is 1. The molecular weight excluding hydrogens is 465 g/mol. The summed E-state index contributed by atoms with van der Waals surface area (Å²) in [4.78, 5) is 13.8. The topological polar surface area (TPSA) is 99.5 Å². The average molecular weight is 482 g/mol. The Morgan fingerprint density at radius 2 is 1.91 bits per heavy atom. The molecule has 33 heavy (non-hydrogen) atoms. The number of ether oxygens (including phenoxy) is 3. The summed E-state index contributed by atoms with van der Waals surface area (Å²) in [6.07, 6.45) is 0. The summed E-state index contributed by atoms with van der Waals surface area (Å²) in [5.41, 5.74) is 8.23. The minimum atomic E-state index is -0.792. The molecular formula is C24H17Cl2N3O4. The maximum Gasteiger partial charge on any atom is 0.259 e. The van der Waals surface area contributed by atoms with Crippen molar-refractivity contribution in [3.63, 3.8) is 0 Å². The number of rotatable bonds is 3. The Balaban J connectivity index is 1.67. The lowest BCUT2D eigenvalue weighted by Gasteiger charge is -2.28. The number of pyridine rings is 1. The molecule has 166 valence electrons. The molecule has 2 aliphatic rings. The predicted octanol–water partition coefficient (Wildman–Crippen LogP) is 4.46. The van der Waals surface area contributed by atoms with Gasteiger partial charge in [0.25, 0.3) is 5.56 Å². The van der Waals surface area contributed by atoms with Gasteiger partial charge in [0, 0.05) is 21.8 Å². The van der Waals surface area contributed by atoms with Crippen LogP contribution in [-0.4, -0.2) is 11.4 Å². The molecule has 3 heterocycles. The number of nitriles is 1. The van der Waals surface area contributed by atoms with E-state index in [1.807, 2.05) is 25.1 Å². The van der Waals surface area contributed by atoms with Crippen molar-refractivity contribution >= 4 is 23.2 Å². The fourth-order valence-corrected chi connectivity index (χ4v) is 4.67. The molecule has 2 aromatic carbocycles. The second-order valence-electron chi connectivity index (χ2n) is 7.73. The van der Waals surface area contributed by atoms with E-state index in [1.165, 1.54) is 0 Å². The van der Waals surface area contributed by atoms with Crippen molar-refractivity contribution in [2.24, 2.45) is 5.73 Å². The zero-order valence-electron chi connectivity index (χ0n) is 17.4. The number of nitrogens with two attached hydrogens (primary N) is 1. The number of halogens is 2. The molecule has 0 saturated carbocycles. The maximum atomic E-state index is 13.8. The van der Waals surface area contributed by atoms with Crippen LogP contribution in [0.25, 0.3) is 0 Å². The monoisotopic (exact) mass is 481 g/mol. The first-order valence-electron chi connectivity index (χ1n) is 10.0. The molecule has 0 amide bonds. The maximum absolute atomic E-state index is 13.8. The van der Waals surface area contributed by atoms with Gasteiger partial charge >= 0.3 is 0 Å². The van der Waals surface area contributed by atoms with Crippen LogP contribution in [-0.2, 0) is 6.54 Å². The molecule has 0 fully saturated rings. The third-order valence-electron chi connectivity index (χ3n) is 5.74. The van der Waals surface area contributed by atoms with E-state index in [0.29, 0.717) is 38.6 Å². The van der Waals surface area contributed by atoms with Crippen LogP contribution in [0.4, 0.5) is 0 Å². The summed E-state index contributed by atoms with van der Waals surface area (Å²) in [6, 6.07) is 14.3. The van der Waals surface area contributed by atoms with Gasteiger partial charge < -0.3 is 24.5 Å². The summed E-state index contributed by atoms with van der Waals surface area (Å²) in [5.74, 6) is 0.742. The molecule has 0 bridgehead atoms. The number of nitrogens with zero attached hydrogens (tertiary/aromatic N) is 2. The fraction of sp³-hybridized carbons (Fsp3) is 0.167. The van der Waals surface area contributed by atoms with Crippen LogP contribution in [0.15, 0.2) is 58.7 Å². The van der Waals surface area contributed by atoms with Crippen molar-refractivity contribution in [1.29, 1.82) is 5.26 Å². The summed E-state index contributed by atoms with van der Waals surface area (Å²) in [5, 5.41) is 10.6. The molecule has 1 atom stereocenters. The zero-order chi connectivity index (χ0) is 23.3. The Hall–Kier alpha value is -3.60. The van der Waals surface area contributed by atoms with Crippen molar-refractivity contribution in [2.75, 3.05) is 6.79 Å². The van der Waals surface area contributed by atoms with Gasteiger partial charge in [-0.25, -0.2) is 0 Å². The molecule has 3 aromatic rings. The van der Waals surface area contributed by atoms with E-state index >= 15 is 0 Å². The third kappa shape index (κ3) is 3.58. The van der Waals surface area contributed by atoms with Crippen LogP contribution in [0.3, 0.4) is 0 Å². The van der Waals surface area contributed by atoms with E-state index in [2.05, 4.69) is 6.07 Å². The Morgan fingerprint density at radius 1 is 1.12 bits per heavy atom. The highest BCUT2D eigenvalue weighted by Crippen LogP contribution is 2.43. The second kappa shape index (κ2) is 8.07. The summed E-state index contributed by atoms with van der Waals surface area (Å²) in [6.45, 7) is 2.26. The van der Waals surface area contributed by atoms with E-state index in [4.69, 9.17) is 43.1 Å². The first-order valence-corrected chi connectivity index (χ1v) is 10.8. The van der Waals surface area contributed by atoms with Gasteiger partial charge in [-0.1, -0.05) is 35.3 Å². The lowest BCUT2D eigenvalue weighted by Crippen LogP contribution is -2.33. The molecule has 0 radical (unpaired) electrons. The van der Waals surface area contributed by atoms with Crippen molar-refractivity contribution in [1.82, 2.24) is 4.57 Å². The SMILES string of the molecule is Cc1cc2c(c(=O)n1Cc1ccc3c(c1)OCO3)[C@@H](c1ccc(Cl)cc1Cl)C(C#N)=C(N)O2. The molecule has 2 N–H and O–H groups in total. The van der Waals surface area contributed by atoms with Crippen molar-refractivity contribution in [3.8, 4) is 23.3 Å². The summed E-state index contributed by atoms with van der Waals surface area (Å²) < 4.78 is 18.1. The molecule has 5 rings (SSSR count). The Labute approximate surface area is 199 Å². The summed E-state index contributed by atoms with van der Waals surface area (Å²) in [7, 11) is 0. The van der Waals surface area contributed by atoms with Crippen molar-refractivity contribution in [2.45, 2.75) is 19.4 Å². The number of fused-ring (bicyclic) bond motifs is 2. The van der Waals surface area contributed by atoms with Crippen molar-refractivity contribution in [3.05, 3.63) is 96.7 Å². The van der Waals surface area contributed by atoms with Gasteiger partial charge in [-0.05, 0) is 42.3 Å². The van der Waals surface area contributed by atoms with Crippen LogP contribution < -0.4 is 25.5 Å². The zero-order valence-corrected chi connectivity index (χ0v) is 18.9. The lowest BCUT2D eigenvalue weighted by molar-refractivity contribution is 0.174. The second-order valence-corrected chi connectivity index (χ2v) is 8.58. The standard InChI is InChI=1S/C24H17Cl2N3O4/c1-12-6-20-22(24(30)29(12)10-13-2-5-18-19(7-13)32-11-31-18)21(16(9-27)23(28)33-20)15-4-3-14(25)8-17(15)26/h2-8,21H,10-11,28H2,1H3/t21-/m0/s1. The molecule has 2 aliphatic heterocycles. The number of aromatic nitrogens is 1. The van der Waals surface area contributed by atoms with Crippen LogP contribution >= 0.6 is 23.2 Å². The number of hydrogen-bond acceptors (Lipinski definition) is 6. The minimum absolute atomic E-state index is 0.0617. The molecule has 0 unspecified atom stereocenters. The largest absolute Gasteiger partial charge is 0.454 e. The quantitative estimate of drug-likeness (QED) is 0.592. The van der Waals surface area contributed by atoms with Gasteiger partial charge in [0.1, 0.15) is 17.4 Å². The molecule has 9 heteroatoms. The smallest absolute Gasteiger partial charge is 0.259 e. The van der Waals surface area contributed by atoms with E-state index in [1.54, 1.807) is 28.8 Å². The Kier molecular flexibility index (Phi) is 5.20. The highest BCUT2D eigenvalue weighted by Gasteiger charge is 2.35. The summed E-state index contributed by atoms with van der Waals surface area (Å²) >= 11 is 12.5.